The number of fused-ring (bicyclic) bond motifs is 3. The number of para-hydroxylation sites is 1. The first-order valence-corrected chi connectivity index (χ1v) is 5.22. The van der Waals surface area contributed by atoms with E-state index in [1.165, 1.54) is 10.9 Å². The molecule has 1 aromatic carbocycles. The maximum absolute atomic E-state index is 10.9. The first-order chi connectivity index (χ1) is 7.74. The molecule has 16 heavy (non-hydrogen) atoms. The number of hydrogen-bond donors (Lipinski definition) is 0. The van der Waals surface area contributed by atoms with Crippen molar-refractivity contribution in [2.75, 3.05) is 0 Å². The van der Waals surface area contributed by atoms with Crippen LogP contribution in [0.25, 0.3) is 21.9 Å². The van der Waals surface area contributed by atoms with Gasteiger partial charge in [0.15, 0.2) is 6.29 Å². The molecule has 0 aliphatic carbocycles. The van der Waals surface area contributed by atoms with E-state index in [9.17, 15) is 4.79 Å². The molecule has 0 saturated carbocycles. The number of rotatable bonds is 1. The van der Waals surface area contributed by atoms with E-state index in [4.69, 9.17) is 0 Å². The SMILES string of the molecule is Cn1c(C=O)cc2c1c1ccccc1n2C. The zero-order valence-electron chi connectivity index (χ0n) is 9.27. The lowest BCUT2D eigenvalue weighted by molar-refractivity contribution is 0.111. The van der Waals surface area contributed by atoms with Crippen molar-refractivity contribution >= 4 is 28.2 Å². The van der Waals surface area contributed by atoms with Gasteiger partial charge in [-0.25, -0.2) is 0 Å². The molecular weight excluding hydrogens is 200 g/mol. The van der Waals surface area contributed by atoms with Gasteiger partial charge in [0.1, 0.15) is 0 Å². The Morgan fingerprint density at radius 3 is 2.56 bits per heavy atom. The molecule has 3 nitrogen and oxygen atoms in total. The number of nitrogens with zero attached hydrogens (tertiary/aromatic N) is 2. The van der Waals surface area contributed by atoms with Gasteiger partial charge in [-0.2, -0.15) is 0 Å². The number of aldehydes is 1. The first kappa shape index (κ1) is 9.21. The standard InChI is InChI=1S/C13H12N2O/c1-14-9(8-16)7-12-13(14)10-5-3-4-6-11(10)15(12)2/h3-8H,1-2H3. The first-order valence-electron chi connectivity index (χ1n) is 5.22. The fourth-order valence-electron chi connectivity index (χ4n) is 2.39. The molecule has 0 amide bonds. The summed E-state index contributed by atoms with van der Waals surface area (Å²) >= 11 is 0. The summed E-state index contributed by atoms with van der Waals surface area (Å²) in [6.45, 7) is 0. The highest BCUT2D eigenvalue weighted by Gasteiger charge is 2.13. The van der Waals surface area contributed by atoms with E-state index in [-0.39, 0.29) is 0 Å². The predicted octanol–water partition coefficient (Wildman–Crippen LogP) is 2.48. The molecule has 80 valence electrons. The second kappa shape index (κ2) is 2.98. The number of carbonyl (C=O) groups is 1. The Hall–Kier alpha value is -2.03. The van der Waals surface area contributed by atoms with Gasteiger partial charge in [-0.3, -0.25) is 4.79 Å². The van der Waals surface area contributed by atoms with Crippen molar-refractivity contribution in [3.8, 4) is 0 Å². The van der Waals surface area contributed by atoms with Crippen LogP contribution in [0.2, 0.25) is 0 Å². The fraction of sp³-hybridized carbons (Fsp3) is 0.154. The normalized spacial score (nSPS) is 11.4. The van der Waals surface area contributed by atoms with Crippen molar-refractivity contribution in [3.05, 3.63) is 36.0 Å². The molecule has 3 rings (SSSR count). The number of aryl methyl sites for hydroxylation is 2. The number of aromatic nitrogens is 2. The molecule has 0 unspecified atom stereocenters. The van der Waals surface area contributed by atoms with Crippen LogP contribution in [-0.2, 0) is 14.1 Å². The Kier molecular flexibility index (Phi) is 1.72. The van der Waals surface area contributed by atoms with Gasteiger partial charge in [-0.15, -0.1) is 0 Å². The summed E-state index contributed by atoms with van der Waals surface area (Å²) in [5.41, 5.74) is 4.14. The van der Waals surface area contributed by atoms with Crippen molar-refractivity contribution in [2.24, 2.45) is 14.1 Å². The lowest BCUT2D eigenvalue weighted by atomic mass is 10.2. The second-order valence-corrected chi connectivity index (χ2v) is 4.06. The largest absolute Gasteiger partial charge is 0.342 e. The molecule has 0 aliphatic heterocycles. The van der Waals surface area contributed by atoms with Crippen LogP contribution >= 0.6 is 0 Å². The Bertz CT molecular complexity index is 703. The predicted molar refractivity (Wildman–Crippen MR) is 64.8 cm³/mol. The monoisotopic (exact) mass is 212 g/mol. The van der Waals surface area contributed by atoms with Crippen LogP contribution in [0.5, 0.6) is 0 Å². The van der Waals surface area contributed by atoms with E-state index in [1.54, 1.807) is 0 Å². The van der Waals surface area contributed by atoms with E-state index < -0.39 is 0 Å². The van der Waals surface area contributed by atoms with Crippen LogP contribution < -0.4 is 0 Å². The molecule has 2 heterocycles. The molecule has 0 atom stereocenters. The van der Waals surface area contributed by atoms with Crippen molar-refractivity contribution in [3.63, 3.8) is 0 Å². The third-order valence-corrected chi connectivity index (χ3v) is 3.25. The maximum atomic E-state index is 10.9. The lowest BCUT2D eigenvalue weighted by Gasteiger charge is -1.97. The zero-order valence-corrected chi connectivity index (χ0v) is 9.27. The average molecular weight is 212 g/mol. The highest BCUT2D eigenvalue weighted by Crippen LogP contribution is 2.29. The van der Waals surface area contributed by atoms with Gasteiger partial charge in [-0.05, 0) is 12.1 Å². The minimum absolute atomic E-state index is 0.714. The molecule has 0 N–H and O–H groups in total. The Labute approximate surface area is 92.9 Å². The van der Waals surface area contributed by atoms with Crippen molar-refractivity contribution in [2.45, 2.75) is 0 Å². The minimum Gasteiger partial charge on any atom is -0.342 e. The van der Waals surface area contributed by atoms with Gasteiger partial charge < -0.3 is 9.13 Å². The summed E-state index contributed by atoms with van der Waals surface area (Å²) in [6, 6.07) is 10.2. The molecule has 0 radical (unpaired) electrons. The summed E-state index contributed by atoms with van der Waals surface area (Å²) in [4.78, 5) is 10.9. The lowest BCUT2D eigenvalue weighted by Crippen LogP contribution is -1.93. The van der Waals surface area contributed by atoms with Crippen LogP contribution in [0.3, 0.4) is 0 Å². The Morgan fingerprint density at radius 2 is 1.81 bits per heavy atom. The Balaban J connectivity index is 2.62. The summed E-state index contributed by atoms with van der Waals surface area (Å²) < 4.78 is 4.07. The smallest absolute Gasteiger partial charge is 0.166 e. The molecule has 2 aromatic heterocycles. The highest BCUT2D eigenvalue weighted by atomic mass is 16.1. The molecule has 0 fully saturated rings. The van der Waals surface area contributed by atoms with Gasteiger partial charge in [0.25, 0.3) is 0 Å². The molecule has 0 spiro atoms. The van der Waals surface area contributed by atoms with Crippen molar-refractivity contribution in [1.29, 1.82) is 0 Å². The van der Waals surface area contributed by atoms with Gasteiger partial charge in [0, 0.05) is 19.5 Å². The maximum Gasteiger partial charge on any atom is 0.166 e. The van der Waals surface area contributed by atoms with Crippen LogP contribution in [0.1, 0.15) is 10.5 Å². The number of benzene rings is 1. The highest BCUT2D eigenvalue weighted by molar-refractivity contribution is 6.08. The van der Waals surface area contributed by atoms with Gasteiger partial charge in [0.2, 0.25) is 0 Å². The van der Waals surface area contributed by atoms with E-state index in [1.807, 2.05) is 36.9 Å². The summed E-state index contributed by atoms with van der Waals surface area (Å²) in [5, 5.41) is 1.19. The van der Waals surface area contributed by atoms with Crippen LogP contribution in [0, 0.1) is 0 Å². The zero-order chi connectivity index (χ0) is 11.3. The third kappa shape index (κ3) is 0.949. The molecule has 3 aromatic rings. The van der Waals surface area contributed by atoms with Crippen molar-refractivity contribution < 1.29 is 4.79 Å². The molecule has 0 bridgehead atoms. The summed E-state index contributed by atoms with van der Waals surface area (Å²) in [6.07, 6.45) is 0.898. The second-order valence-electron chi connectivity index (χ2n) is 4.06. The third-order valence-electron chi connectivity index (χ3n) is 3.25. The van der Waals surface area contributed by atoms with Crippen LogP contribution in [0.4, 0.5) is 0 Å². The quantitative estimate of drug-likeness (QED) is 0.569. The summed E-state index contributed by atoms with van der Waals surface area (Å²) in [7, 11) is 3.96. The molecule has 3 heteroatoms. The molecule has 0 aliphatic rings. The fourth-order valence-corrected chi connectivity index (χ4v) is 2.39. The van der Waals surface area contributed by atoms with Crippen LogP contribution in [-0.4, -0.2) is 15.4 Å². The average Bonchev–Trinajstić information content (AvgIpc) is 2.78. The van der Waals surface area contributed by atoms with Gasteiger partial charge >= 0.3 is 0 Å². The van der Waals surface area contributed by atoms with E-state index in [0.29, 0.717) is 5.69 Å². The van der Waals surface area contributed by atoms with Gasteiger partial charge in [0.05, 0.1) is 22.2 Å². The topological polar surface area (TPSA) is 26.9 Å². The molecular formula is C13H12N2O. The van der Waals surface area contributed by atoms with E-state index in [2.05, 4.69) is 16.7 Å². The molecule has 0 saturated heterocycles. The van der Waals surface area contributed by atoms with Crippen LogP contribution in [0.15, 0.2) is 30.3 Å². The van der Waals surface area contributed by atoms with Gasteiger partial charge in [-0.1, -0.05) is 18.2 Å². The Morgan fingerprint density at radius 1 is 1.06 bits per heavy atom. The number of carbonyl (C=O) groups excluding carboxylic acids is 1. The number of hydrogen-bond acceptors (Lipinski definition) is 1. The minimum atomic E-state index is 0.714. The summed E-state index contributed by atoms with van der Waals surface area (Å²) in [5.74, 6) is 0. The van der Waals surface area contributed by atoms with E-state index in [0.717, 1.165) is 17.3 Å². The van der Waals surface area contributed by atoms with E-state index >= 15 is 0 Å². The van der Waals surface area contributed by atoms with Crippen molar-refractivity contribution in [1.82, 2.24) is 9.13 Å².